The maximum absolute atomic E-state index is 2.42. The molecule has 172 valence electrons. The number of rotatable bonds is 4. The summed E-state index contributed by atoms with van der Waals surface area (Å²) in [6.45, 7) is 4.72. The lowest BCUT2D eigenvalue weighted by Gasteiger charge is -2.25. The maximum Gasteiger partial charge on any atom is 0.0462 e. The van der Waals surface area contributed by atoms with Gasteiger partial charge in [0.1, 0.15) is 0 Å². The largest absolute Gasteiger partial charge is 0.311 e. The van der Waals surface area contributed by atoms with E-state index in [0.717, 1.165) is 17.1 Å². The molecule has 0 unspecified atom stereocenters. The second-order valence-electron chi connectivity index (χ2n) is 10.3. The third kappa shape index (κ3) is 3.09. The minimum Gasteiger partial charge on any atom is -0.311 e. The summed E-state index contributed by atoms with van der Waals surface area (Å²) in [5, 5.41) is 5.52. The van der Waals surface area contributed by atoms with E-state index < -0.39 is 0 Å². The molecule has 6 aromatic carbocycles. The maximum atomic E-state index is 2.42. The third-order valence-electron chi connectivity index (χ3n) is 7.79. The Morgan fingerprint density at radius 3 is 1.69 bits per heavy atom. The van der Waals surface area contributed by atoms with Crippen LogP contribution in [0.2, 0.25) is 0 Å². The van der Waals surface area contributed by atoms with E-state index in [4.69, 9.17) is 0 Å². The van der Waals surface area contributed by atoms with Crippen molar-refractivity contribution >= 4 is 38.6 Å². The summed E-state index contributed by atoms with van der Waals surface area (Å²) in [6, 6.07) is 46.2. The fourth-order valence-electron chi connectivity index (χ4n) is 5.97. The summed E-state index contributed by atoms with van der Waals surface area (Å²) in [4.78, 5) is 2.31. The van der Waals surface area contributed by atoms with Crippen molar-refractivity contribution in [1.82, 2.24) is 0 Å². The van der Waals surface area contributed by atoms with Gasteiger partial charge >= 0.3 is 0 Å². The number of nitrogens with zero attached hydrogens (tertiary/aromatic N) is 1. The molecule has 0 fully saturated rings. The molecule has 0 saturated heterocycles. The van der Waals surface area contributed by atoms with Gasteiger partial charge in [-0.15, -0.1) is 0 Å². The van der Waals surface area contributed by atoms with Crippen molar-refractivity contribution < 1.29 is 0 Å². The molecule has 0 spiro atoms. The molecular formula is C35H27N. The van der Waals surface area contributed by atoms with Crippen LogP contribution in [0.3, 0.4) is 0 Å². The Hall–Kier alpha value is -4.36. The van der Waals surface area contributed by atoms with Gasteiger partial charge < -0.3 is 4.90 Å². The lowest BCUT2D eigenvalue weighted by molar-refractivity contribution is 0.663. The number of anilines is 3. The molecule has 0 N–H and O–H groups in total. The van der Waals surface area contributed by atoms with Gasteiger partial charge in [-0.2, -0.15) is 0 Å². The highest BCUT2D eigenvalue weighted by Crippen LogP contribution is 2.50. The van der Waals surface area contributed by atoms with Crippen LogP contribution in [-0.4, -0.2) is 0 Å². The molecule has 0 atom stereocenters. The van der Waals surface area contributed by atoms with Crippen LogP contribution in [-0.2, 0) is 5.41 Å². The molecule has 0 heterocycles. The molecule has 36 heavy (non-hydrogen) atoms. The highest BCUT2D eigenvalue weighted by molar-refractivity contribution is 6.15. The van der Waals surface area contributed by atoms with Crippen molar-refractivity contribution in [3.05, 3.63) is 139 Å². The molecule has 0 aliphatic heterocycles. The summed E-state index contributed by atoms with van der Waals surface area (Å²) >= 11 is 0. The minimum absolute atomic E-state index is 0.00514. The summed E-state index contributed by atoms with van der Waals surface area (Å²) in [5.74, 6) is 0. The first kappa shape index (κ1) is 21.0. The van der Waals surface area contributed by atoms with Crippen LogP contribution >= 0.6 is 0 Å². The zero-order chi connectivity index (χ0) is 24.3. The van der Waals surface area contributed by atoms with E-state index in [2.05, 4.69) is 146 Å². The molecule has 0 aromatic heterocycles. The standard InChI is InChI=1S/C35H27N/c1-35(2)31-15-9-10-25-16-17-26-22-27(23-32(35)34(26)33(25)31)24-18-20-30(21-19-24)36(28-11-5-3-6-12-28)29-13-7-4-8-14-29/h3-23H,1-2H3. The van der Waals surface area contributed by atoms with Crippen molar-refractivity contribution in [3.8, 4) is 11.1 Å². The van der Waals surface area contributed by atoms with Gasteiger partial charge in [-0.25, -0.2) is 0 Å². The molecule has 0 radical (unpaired) electrons. The molecule has 1 aliphatic rings. The molecule has 1 aliphatic carbocycles. The second kappa shape index (κ2) is 7.83. The Morgan fingerprint density at radius 1 is 0.444 bits per heavy atom. The van der Waals surface area contributed by atoms with Crippen molar-refractivity contribution in [2.75, 3.05) is 4.90 Å². The highest BCUT2D eigenvalue weighted by Gasteiger charge is 2.34. The van der Waals surface area contributed by atoms with Crippen LogP contribution in [0.25, 0.3) is 32.7 Å². The number of hydrogen-bond donors (Lipinski definition) is 0. The normalized spacial score (nSPS) is 13.5. The Morgan fingerprint density at radius 2 is 1.03 bits per heavy atom. The van der Waals surface area contributed by atoms with Crippen molar-refractivity contribution in [2.24, 2.45) is 0 Å². The molecule has 6 aromatic rings. The van der Waals surface area contributed by atoms with Gasteiger partial charge in [0.05, 0.1) is 0 Å². The molecule has 1 nitrogen and oxygen atoms in total. The van der Waals surface area contributed by atoms with E-state index in [1.807, 2.05) is 0 Å². The first-order valence-corrected chi connectivity index (χ1v) is 12.6. The average Bonchev–Trinajstić information content (AvgIpc) is 3.17. The van der Waals surface area contributed by atoms with Crippen LogP contribution in [0.4, 0.5) is 17.1 Å². The first-order chi connectivity index (χ1) is 17.6. The molecule has 0 saturated carbocycles. The van der Waals surface area contributed by atoms with Gasteiger partial charge in [-0.05, 0) is 92.3 Å². The predicted octanol–water partition coefficient (Wildman–Crippen LogP) is 9.77. The van der Waals surface area contributed by atoms with Gasteiger partial charge in [0.15, 0.2) is 0 Å². The Balaban J connectivity index is 1.34. The second-order valence-corrected chi connectivity index (χ2v) is 10.3. The third-order valence-corrected chi connectivity index (χ3v) is 7.79. The number of benzene rings is 6. The van der Waals surface area contributed by atoms with Crippen molar-refractivity contribution in [2.45, 2.75) is 19.3 Å². The zero-order valence-corrected chi connectivity index (χ0v) is 20.6. The minimum atomic E-state index is -0.00514. The van der Waals surface area contributed by atoms with Crippen LogP contribution in [0, 0.1) is 0 Å². The smallest absolute Gasteiger partial charge is 0.0462 e. The van der Waals surface area contributed by atoms with Gasteiger partial charge in [0, 0.05) is 22.5 Å². The first-order valence-electron chi connectivity index (χ1n) is 12.6. The Labute approximate surface area is 212 Å². The lowest BCUT2D eigenvalue weighted by atomic mass is 9.81. The summed E-state index contributed by atoms with van der Waals surface area (Å²) < 4.78 is 0. The quantitative estimate of drug-likeness (QED) is 0.236. The van der Waals surface area contributed by atoms with Crippen molar-refractivity contribution in [3.63, 3.8) is 0 Å². The zero-order valence-electron chi connectivity index (χ0n) is 20.6. The van der Waals surface area contributed by atoms with E-state index in [1.165, 1.54) is 43.8 Å². The monoisotopic (exact) mass is 461 g/mol. The van der Waals surface area contributed by atoms with E-state index in [0.29, 0.717) is 0 Å². The Kier molecular flexibility index (Phi) is 4.56. The van der Waals surface area contributed by atoms with E-state index in [1.54, 1.807) is 0 Å². The topological polar surface area (TPSA) is 3.24 Å². The van der Waals surface area contributed by atoms with Crippen LogP contribution in [0.15, 0.2) is 127 Å². The molecule has 0 amide bonds. The average molecular weight is 462 g/mol. The Bertz CT molecular complexity index is 1690. The highest BCUT2D eigenvalue weighted by atomic mass is 15.1. The van der Waals surface area contributed by atoms with E-state index in [-0.39, 0.29) is 5.41 Å². The molecular weight excluding hydrogens is 434 g/mol. The van der Waals surface area contributed by atoms with Crippen LogP contribution in [0.1, 0.15) is 25.0 Å². The summed E-state index contributed by atoms with van der Waals surface area (Å²) in [7, 11) is 0. The van der Waals surface area contributed by atoms with Gasteiger partial charge in [-0.3, -0.25) is 0 Å². The van der Waals surface area contributed by atoms with Gasteiger partial charge in [-0.1, -0.05) is 92.7 Å². The molecule has 0 bridgehead atoms. The van der Waals surface area contributed by atoms with Crippen molar-refractivity contribution in [1.29, 1.82) is 0 Å². The molecule has 1 heteroatoms. The van der Waals surface area contributed by atoms with Crippen LogP contribution in [0.5, 0.6) is 0 Å². The van der Waals surface area contributed by atoms with E-state index >= 15 is 0 Å². The number of hydrogen-bond acceptors (Lipinski definition) is 1. The molecule has 7 rings (SSSR count). The summed E-state index contributed by atoms with van der Waals surface area (Å²) in [6.07, 6.45) is 0. The lowest BCUT2D eigenvalue weighted by Crippen LogP contribution is -2.15. The number of para-hydroxylation sites is 2. The van der Waals surface area contributed by atoms with E-state index in [9.17, 15) is 0 Å². The SMILES string of the molecule is CC1(C)c2cccc3ccc4cc(-c5ccc(N(c6ccccc6)c6ccccc6)cc5)cc1c4c23. The summed E-state index contributed by atoms with van der Waals surface area (Å²) in [5.41, 5.74) is 8.83. The predicted molar refractivity (Wildman–Crippen MR) is 154 cm³/mol. The fourth-order valence-corrected chi connectivity index (χ4v) is 5.97. The van der Waals surface area contributed by atoms with Gasteiger partial charge in [0.25, 0.3) is 0 Å². The van der Waals surface area contributed by atoms with Gasteiger partial charge in [0.2, 0.25) is 0 Å². The fraction of sp³-hybridized carbons (Fsp3) is 0.0857. The van der Waals surface area contributed by atoms with Crippen LogP contribution < -0.4 is 4.90 Å².